The molecule has 0 spiro atoms. The number of hydrogen-bond acceptors (Lipinski definition) is 4. The van der Waals surface area contributed by atoms with Gasteiger partial charge < -0.3 is 14.9 Å². The van der Waals surface area contributed by atoms with Crippen LogP contribution in [0.25, 0.3) is 6.08 Å². The molecular weight excluding hydrogens is 306 g/mol. The lowest BCUT2D eigenvalue weighted by Gasteiger charge is -2.08. The molecule has 1 heterocycles. The Hall–Kier alpha value is -2.82. The van der Waals surface area contributed by atoms with Gasteiger partial charge in [0.2, 0.25) is 5.88 Å². The van der Waals surface area contributed by atoms with Crippen molar-refractivity contribution in [3.05, 3.63) is 53.2 Å². The number of carboxylic acid groups (broad SMARTS) is 1. The summed E-state index contributed by atoms with van der Waals surface area (Å²) >= 11 is 0. The fraction of sp³-hybridized carbons (Fsp3) is 0.263. The van der Waals surface area contributed by atoms with Gasteiger partial charge in [-0.25, -0.2) is 9.78 Å². The summed E-state index contributed by atoms with van der Waals surface area (Å²) in [6, 6.07) is 8.51. The molecule has 24 heavy (non-hydrogen) atoms. The van der Waals surface area contributed by atoms with Gasteiger partial charge in [0.05, 0.1) is 6.20 Å². The van der Waals surface area contributed by atoms with Crippen molar-refractivity contribution in [3.8, 4) is 17.4 Å². The molecule has 0 amide bonds. The molecule has 0 radical (unpaired) electrons. The van der Waals surface area contributed by atoms with Gasteiger partial charge in [-0.1, -0.05) is 19.4 Å². The molecule has 0 atom stereocenters. The summed E-state index contributed by atoms with van der Waals surface area (Å²) in [4.78, 5) is 15.3. The lowest BCUT2D eigenvalue weighted by Crippen LogP contribution is -2.00. The van der Waals surface area contributed by atoms with Crippen LogP contribution in [0.2, 0.25) is 0 Å². The molecule has 5 nitrogen and oxygen atoms in total. The maximum atomic E-state index is 11.3. The van der Waals surface area contributed by atoms with Crippen LogP contribution >= 0.6 is 0 Å². The van der Waals surface area contributed by atoms with Crippen molar-refractivity contribution in [2.75, 3.05) is 0 Å². The predicted octanol–water partition coefficient (Wildman–Crippen LogP) is 4.55. The Balaban J connectivity index is 2.19. The maximum Gasteiger partial charge on any atom is 0.331 e. The van der Waals surface area contributed by atoms with Crippen LogP contribution in [-0.2, 0) is 4.79 Å². The van der Waals surface area contributed by atoms with Crippen LogP contribution < -0.4 is 4.74 Å². The minimum atomic E-state index is -0.878. The van der Waals surface area contributed by atoms with Crippen LogP contribution in [0.1, 0.15) is 37.3 Å². The molecule has 0 aliphatic heterocycles. The molecule has 0 aliphatic rings. The number of ether oxygens (including phenoxy) is 1. The van der Waals surface area contributed by atoms with Crippen molar-refractivity contribution in [1.29, 1.82) is 0 Å². The molecule has 0 bridgehead atoms. The molecule has 0 fully saturated rings. The zero-order valence-electron chi connectivity index (χ0n) is 13.8. The summed E-state index contributed by atoms with van der Waals surface area (Å²) in [6.45, 7) is 3.94. The van der Waals surface area contributed by atoms with E-state index in [0.717, 1.165) is 24.0 Å². The second-order valence-corrected chi connectivity index (χ2v) is 5.55. The van der Waals surface area contributed by atoms with E-state index < -0.39 is 5.97 Å². The zero-order valence-corrected chi connectivity index (χ0v) is 13.8. The molecule has 1 aromatic carbocycles. The summed E-state index contributed by atoms with van der Waals surface area (Å²) in [5.74, 6) is 0.182. The number of pyridine rings is 1. The largest absolute Gasteiger partial charge is 0.506 e. The molecule has 0 saturated heterocycles. The highest BCUT2D eigenvalue weighted by atomic mass is 16.5. The van der Waals surface area contributed by atoms with Gasteiger partial charge in [-0.15, -0.1) is 0 Å². The van der Waals surface area contributed by atoms with E-state index in [1.165, 1.54) is 12.3 Å². The Bertz CT molecular complexity index is 736. The number of carbonyl (C=O) groups is 1. The van der Waals surface area contributed by atoms with Crippen LogP contribution in [0.4, 0.5) is 0 Å². The average molecular weight is 327 g/mol. The number of rotatable bonds is 7. The smallest absolute Gasteiger partial charge is 0.331 e. The third-order valence-electron chi connectivity index (χ3n) is 3.59. The zero-order chi connectivity index (χ0) is 17.5. The van der Waals surface area contributed by atoms with E-state index in [4.69, 9.17) is 4.74 Å². The van der Waals surface area contributed by atoms with Gasteiger partial charge in [-0.2, -0.15) is 0 Å². The fourth-order valence-electron chi connectivity index (χ4n) is 2.22. The predicted molar refractivity (Wildman–Crippen MR) is 92.3 cm³/mol. The van der Waals surface area contributed by atoms with Crippen molar-refractivity contribution in [2.24, 2.45) is 0 Å². The van der Waals surface area contributed by atoms with Crippen molar-refractivity contribution in [3.63, 3.8) is 0 Å². The first-order valence-corrected chi connectivity index (χ1v) is 7.87. The lowest BCUT2D eigenvalue weighted by atomic mass is 10.0. The lowest BCUT2D eigenvalue weighted by molar-refractivity contribution is -0.132. The summed E-state index contributed by atoms with van der Waals surface area (Å²) in [6.07, 6.45) is 5.39. The molecule has 5 heteroatoms. The number of hydrogen-bond donors (Lipinski definition) is 2. The Morgan fingerprint density at radius 1 is 1.29 bits per heavy atom. The quantitative estimate of drug-likeness (QED) is 0.729. The van der Waals surface area contributed by atoms with Gasteiger partial charge in [0.1, 0.15) is 11.5 Å². The van der Waals surface area contributed by atoms with E-state index >= 15 is 0 Å². The summed E-state index contributed by atoms with van der Waals surface area (Å²) in [5, 5.41) is 18.5. The average Bonchev–Trinajstić information content (AvgIpc) is 2.55. The summed E-state index contributed by atoms with van der Waals surface area (Å²) in [5.41, 5.74) is 2.19. The van der Waals surface area contributed by atoms with Crippen LogP contribution in [0.3, 0.4) is 0 Å². The van der Waals surface area contributed by atoms with Crippen LogP contribution in [0.15, 0.2) is 42.1 Å². The second kappa shape index (κ2) is 8.15. The highest BCUT2D eigenvalue weighted by molar-refractivity contribution is 5.92. The standard InChI is InChI=1S/C19H21NO4/c1-3-4-5-15(19(22)23)11-14-6-8-17(10-13(14)2)24-18-9-7-16(21)12-20-18/h6-12,21H,3-5H2,1-2H3,(H,22,23)/b15-11+. The number of aryl methyl sites for hydroxylation is 1. The fourth-order valence-corrected chi connectivity index (χ4v) is 2.22. The Morgan fingerprint density at radius 3 is 2.67 bits per heavy atom. The molecule has 1 aromatic heterocycles. The molecule has 2 N–H and O–H groups in total. The van der Waals surface area contributed by atoms with Gasteiger partial charge in [0, 0.05) is 11.6 Å². The van der Waals surface area contributed by atoms with Crippen LogP contribution in [0.5, 0.6) is 17.4 Å². The second-order valence-electron chi connectivity index (χ2n) is 5.55. The first-order valence-electron chi connectivity index (χ1n) is 7.87. The third-order valence-corrected chi connectivity index (χ3v) is 3.59. The van der Waals surface area contributed by atoms with Gasteiger partial charge in [0.25, 0.3) is 0 Å². The first kappa shape index (κ1) is 17.5. The summed E-state index contributed by atoms with van der Waals surface area (Å²) in [7, 11) is 0. The summed E-state index contributed by atoms with van der Waals surface area (Å²) < 4.78 is 5.63. The molecule has 2 aromatic rings. The van der Waals surface area contributed by atoms with Crippen molar-refractivity contribution >= 4 is 12.0 Å². The third kappa shape index (κ3) is 4.84. The molecule has 126 valence electrons. The Labute approximate surface area is 141 Å². The van der Waals surface area contributed by atoms with Crippen LogP contribution in [0, 0.1) is 6.92 Å². The minimum absolute atomic E-state index is 0.0762. The van der Waals surface area contributed by atoms with E-state index in [2.05, 4.69) is 4.98 Å². The normalized spacial score (nSPS) is 11.3. The SMILES string of the molecule is CCCC/C(=C\c1ccc(Oc2ccc(O)cn2)cc1C)C(=O)O. The maximum absolute atomic E-state index is 11.3. The Kier molecular flexibility index (Phi) is 5.95. The van der Waals surface area contributed by atoms with Crippen molar-refractivity contribution in [1.82, 2.24) is 4.98 Å². The number of aliphatic carboxylic acids is 1. The molecular formula is C19H21NO4. The van der Waals surface area contributed by atoms with Crippen molar-refractivity contribution < 1.29 is 19.7 Å². The number of nitrogens with zero attached hydrogens (tertiary/aromatic N) is 1. The van der Waals surface area contributed by atoms with Crippen LogP contribution in [-0.4, -0.2) is 21.2 Å². The monoisotopic (exact) mass is 327 g/mol. The molecule has 0 saturated carbocycles. The van der Waals surface area contributed by atoms with E-state index in [0.29, 0.717) is 23.6 Å². The number of aromatic nitrogens is 1. The number of unbranched alkanes of at least 4 members (excludes halogenated alkanes) is 1. The van der Waals surface area contributed by atoms with E-state index in [1.807, 2.05) is 26.0 Å². The topological polar surface area (TPSA) is 79.7 Å². The van der Waals surface area contributed by atoms with Gasteiger partial charge in [-0.3, -0.25) is 0 Å². The van der Waals surface area contributed by atoms with E-state index in [9.17, 15) is 15.0 Å². The number of benzene rings is 1. The molecule has 0 unspecified atom stereocenters. The molecule has 0 aliphatic carbocycles. The Morgan fingerprint density at radius 2 is 2.08 bits per heavy atom. The van der Waals surface area contributed by atoms with Gasteiger partial charge >= 0.3 is 5.97 Å². The highest BCUT2D eigenvalue weighted by Crippen LogP contribution is 2.25. The number of aromatic hydroxyl groups is 1. The van der Waals surface area contributed by atoms with E-state index in [1.54, 1.807) is 18.2 Å². The molecule has 2 rings (SSSR count). The minimum Gasteiger partial charge on any atom is -0.506 e. The number of carboxylic acids is 1. The van der Waals surface area contributed by atoms with E-state index in [-0.39, 0.29) is 5.75 Å². The van der Waals surface area contributed by atoms with Gasteiger partial charge in [0.15, 0.2) is 0 Å². The first-order chi connectivity index (χ1) is 11.5. The van der Waals surface area contributed by atoms with Crippen molar-refractivity contribution in [2.45, 2.75) is 33.1 Å². The highest BCUT2D eigenvalue weighted by Gasteiger charge is 2.08. The van der Waals surface area contributed by atoms with Gasteiger partial charge in [-0.05, 0) is 55.2 Å².